The number of nitrogens with two attached hydrogens (primary N) is 1. The maximum absolute atomic E-state index is 12.6. The first-order valence-corrected chi connectivity index (χ1v) is 10.9. The number of amides is 1. The van der Waals surface area contributed by atoms with E-state index in [2.05, 4.69) is 27.2 Å². The van der Waals surface area contributed by atoms with E-state index in [1.54, 1.807) is 0 Å². The number of hydrogen-bond acceptors (Lipinski definition) is 7. The molecule has 0 spiro atoms. The highest BCUT2D eigenvalue weighted by molar-refractivity contribution is 7.99. The van der Waals surface area contributed by atoms with Gasteiger partial charge in [-0.3, -0.25) is 4.79 Å². The Bertz CT molecular complexity index is 798. The monoisotopic (exact) mass is 400 g/mol. The zero-order valence-corrected chi connectivity index (χ0v) is 17.3. The first kappa shape index (κ1) is 20.4. The summed E-state index contributed by atoms with van der Waals surface area (Å²) >= 11 is 1.52. The maximum atomic E-state index is 12.6. The lowest BCUT2D eigenvalue weighted by Crippen LogP contribution is -2.44. The molecule has 1 aliphatic heterocycles. The number of benzene rings is 1. The number of likely N-dealkylation sites (tertiary alicyclic amines) is 1. The van der Waals surface area contributed by atoms with Crippen molar-refractivity contribution in [2.75, 3.05) is 23.3 Å². The first-order chi connectivity index (χ1) is 13.5. The van der Waals surface area contributed by atoms with Gasteiger partial charge < -0.3 is 16.0 Å². The van der Waals surface area contributed by atoms with Gasteiger partial charge in [-0.05, 0) is 44.7 Å². The third-order valence-corrected chi connectivity index (χ3v) is 5.80. The molecule has 1 aliphatic rings. The lowest BCUT2D eigenvalue weighted by atomic mass is 10.0. The van der Waals surface area contributed by atoms with Gasteiger partial charge in [0.1, 0.15) is 5.82 Å². The third-order valence-electron chi connectivity index (χ3n) is 4.88. The van der Waals surface area contributed by atoms with Crippen molar-refractivity contribution in [3.8, 4) is 0 Å². The van der Waals surface area contributed by atoms with Gasteiger partial charge in [0, 0.05) is 18.3 Å². The number of nitrogens with zero attached hydrogens (tertiary/aromatic N) is 4. The number of nitrogen functional groups attached to an aromatic ring is 1. The van der Waals surface area contributed by atoms with Gasteiger partial charge in [-0.1, -0.05) is 24.6 Å². The van der Waals surface area contributed by atoms with E-state index in [-0.39, 0.29) is 11.9 Å². The molecule has 1 fully saturated rings. The Balaban J connectivity index is 1.56. The second-order valence-corrected chi connectivity index (χ2v) is 8.05. The smallest absolute Gasteiger partial charge is 0.232 e. The van der Waals surface area contributed by atoms with Crippen molar-refractivity contribution < 1.29 is 4.79 Å². The Morgan fingerprint density at radius 1 is 1.25 bits per heavy atom. The second-order valence-electron chi connectivity index (χ2n) is 7.06. The predicted octanol–water partition coefficient (Wildman–Crippen LogP) is 3.53. The zero-order valence-electron chi connectivity index (χ0n) is 16.5. The van der Waals surface area contributed by atoms with E-state index in [4.69, 9.17) is 5.73 Å². The molecule has 1 aromatic carbocycles. The summed E-state index contributed by atoms with van der Waals surface area (Å²) in [5.41, 5.74) is 7.91. The average molecular weight is 401 g/mol. The molecule has 1 saturated heterocycles. The molecule has 1 aromatic heterocycles. The lowest BCUT2D eigenvalue weighted by molar-refractivity contribution is -0.132. The quantitative estimate of drug-likeness (QED) is 0.734. The van der Waals surface area contributed by atoms with Gasteiger partial charge in [0.25, 0.3) is 0 Å². The van der Waals surface area contributed by atoms with Crippen molar-refractivity contribution in [3.05, 3.63) is 35.7 Å². The van der Waals surface area contributed by atoms with Crippen molar-refractivity contribution in [1.82, 2.24) is 19.9 Å². The Morgan fingerprint density at radius 2 is 2.04 bits per heavy atom. The fourth-order valence-electron chi connectivity index (χ4n) is 3.39. The number of thioether (sulfide) groups is 1. The predicted molar refractivity (Wildman–Crippen MR) is 115 cm³/mol. The molecule has 150 valence electrons. The van der Waals surface area contributed by atoms with Gasteiger partial charge in [-0.15, -0.1) is 11.8 Å². The highest BCUT2D eigenvalue weighted by Gasteiger charge is 2.24. The van der Waals surface area contributed by atoms with Crippen LogP contribution in [0.25, 0.3) is 0 Å². The molecule has 2 heterocycles. The fourth-order valence-corrected chi connectivity index (χ4v) is 4.14. The summed E-state index contributed by atoms with van der Waals surface area (Å²) in [6.45, 7) is 5.06. The molecule has 7 nitrogen and oxygen atoms in total. The van der Waals surface area contributed by atoms with Crippen LogP contribution in [0.4, 0.5) is 17.6 Å². The van der Waals surface area contributed by atoms with Crippen LogP contribution in [0.3, 0.4) is 0 Å². The van der Waals surface area contributed by atoms with E-state index in [9.17, 15) is 4.79 Å². The van der Waals surface area contributed by atoms with Crippen molar-refractivity contribution in [1.29, 1.82) is 0 Å². The Kier molecular flexibility index (Phi) is 7.08. The molecular formula is C20H28N6OS. The number of piperidine rings is 1. The Morgan fingerprint density at radius 3 is 2.79 bits per heavy atom. The van der Waals surface area contributed by atoms with Crippen LogP contribution in [0.15, 0.2) is 24.3 Å². The summed E-state index contributed by atoms with van der Waals surface area (Å²) in [6, 6.07) is 8.34. The number of rotatable bonds is 7. The number of nitrogens with one attached hydrogen (secondary N) is 1. The van der Waals surface area contributed by atoms with Gasteiger partial charge >= 0.3 is 0 Å². The van der Waals surface area contributed by atoms with Crippen LogP contribution in [0, 0.1) is 6.92 Å². The van der Waals surface area contributed by atoms with Gasteiger partial charge in [0.05, 0.1) is 11.5 Å². The molecule has 0 radical (unpaired) electrons. The summed E-state index contributed by atoms with van der Waals surface area (Å²) in [5.74, 6) is 2.32. The summed E-state index contributed by atoms with van der Waals surface area (Å²) in [6.07, 6.45) is 4.46. The number of carbonyl (C=O) groups excluding carboxylic acids is 1. The van der Waals surface area contributed by atoms with E-state index in [1.165, 1.54) is 23.7 Å². The van der Waals surface area contributed by atoms with Crippen LogP contribution < -0.4 is 11.1 Å². The lowest BCUT2D eigenvalue weighted by Gasteiger charge is -2.35. The van der Waals surface area contributed by atoms with Crippen LogP contribution in [0.1, 0.15) is 44.0 Å². The summed E-state index contributed by atoms with van der Waals surface area (Å²) in [5, 5.41) is 3.15. The minimum Gasteiger partial charge on any atom is -0.368 e. The van der Waals surface area contributed by atoms with Crippen LogP contribution in [0.5, 0.6) is 0 Å². The number of carbonyl (C=O) groups is 1. The van der Waals surface area contributed by atoms with Gasteiger partial charge in [0.2, 0.25) is 17.8 Å². The number of aryl methyl sites for hydroxylation is 1. The minimum absolute atomic E-state index is 0.175. The molecular weight excluding hydrogens is 372 g/mol. The van der Waals surface area contributed by atoms with Crippen molar-refractivity contribution in [2.24, 2.45) is 0 Å². The number of aromatic nitrogens is 3. The summed E-state index contributed by atoms with van der Waals surface area (Å²) in [7, 11) is 0. The first-order valence-electron chi connectivity index (χ1n) is 9.76. The SMILES string of the molecule is CC[C@H]1CCCCN1C(=O)CSCc1nc(N)nc(Nc2ccc(C)cc2)n1. The van der Waals surface area contributed by atoms with Crippen LogP contribution in [-0.4, -0.2) is 44.1 Å². The number of anilines is 3. The van der Waals surface area contributed by atoms with Gasteiger partial charge in [0.15, 0.2) is 0 Å². The van der Waals surface area contributed by atoms with E-state index < -0.39 is 0 Å². The number of hydrogen-bond donors (Lipinski definition) is 2. The molecule has 0 aliphatic carbocycles. The Labute approximate surface area is 170 Å². The summed E-state index contributed by atoms with van der Waals surface area (Å²) in [4.78, 5) is 27.4. The highest BCUT2D eigenvalue weighted by Crippen LogP contribution is 2.21. The molecule has 2 aromatic rings. The van der Waals surface area contributed by atoms with Gasteiger partial charge in [-0.25, -0.2) is 0 Å². The summed E-state index contributed by atoms with van der Waals surface area (Å²) < 4.78 is 0. The van der Waals surface area contributed by atoms with Gasteiger partial charge in [-0.2, -0.15) is 15.0 Å². The molecule has 1 amide bonds. The molecule has 3 rings (SSSR count). The molecule has 0 saturated carbocycles. The second kappa shape index (κ2) is 9.73. The van der Waals surface area contributed by atoms with Crippen molar-refractivity contribution >= 4 is 35.3 Å². The minimum atomic E-state index is 0.175. The molecule has 0 unspecified atom stereocenters. The largest absolute Gasteiger partial charge is 0.368 e. The maximum Gasteiger partial charge on any atom is 0.232 e. The third kappa shape index (κ3) is 5.58. The standard InChI is InChI=1S/C20H28N6OS/c1-3-16-6-4-5-11-26(16)18(27)13-28-12-17-23-19(21)25-20(24-17)22-15-9-7-14(2)8-10-15/h7-10,16H,3-6,11-13H2,1-2H3,(H3,21,22,23,24,25)/t16-/m0/s1. The van der Waals surface area contributed by atoms with Crippen molar-refractivity contribution in [2.45, 2.75) is 51.3 Å². The zero-order chi connectivity index (χ0) is 19.9. The Hall–Kier alpha value is -2.35. The van der Waals surface area contributed by atoms with Crippen molar-refractivity contribution in [3.63, 3.8) is 0 Å². The molecule has 3 N–H and O–H groups in total. The van der Waals surface area contributed by atoms with Crippen LogP contribution in [-0.2, 0) is 10.5 Å². The molecule has 1 atom stereocenters. The topological polar surface area (TPSA) is 97.0 Å². The van der Waals surface area contributed by atoms with Crippen LogP contribution in [0.2, 0.25) is 0 Å². The molecule has 28 heavy (non-hydrogen) atoms. The average Bonchev–Trinajstić information content (AvgIpc) is 2.69. The normalized spacial score (nSPS) is 16.8. The van der Waals surface area contributed by atoms with E-state index in [0.717, 1.165) is 31.5 Å². The van der Waals surface area contributed by atoms with E-state index in [1.807, 2.05) is 36.1 Å². The van der Waals surface area contributed by atoms with Crippen LogP contribution >= 0.6 is 11.8 Å². The molecule has 0 bridgehead atoms. The van der Waals surface area contributed by atoms with E-state index >= 15 is 0 Å². The molecule has 8 heteroatoms. The van der Waals surface area contributed by atoms with E-state index in [0.29, 0.717) is 29.3 Å². The fraction of sp³-hybridized carbons (Fsp3) is 0.500. The highest BCUT2D eigenvalue weighted by atomic mass is 32.2.